The van der Waals surface area contributed by atoms with E-state index in [4.69, 9.17) is 61.6 Å². The van der Waals surface area contributed by atoms with E-state index in [1.165, 1.54) is 14.2 Å². The molecule has 0 amide bonds. The molecule has 0 spiro atoms. The molecule has 53 heavy (non-hydrogen) atoms. The van der Waals surface area contributed by atoms with Gasteiger partial charge in [-0.05, 0) is 27.7 Å². The van der Waals surface area contributed by atoms with Crippen molar-refractivity contribution in [1.82, 2.24) is 0 Å². The molecule has 5 aliphatic heterocycles. The van der Waals surface area contributed by atoms with Crippen molar-refractivity contribution in [2.24, 2.45) is 0 Å². The molecule has 5 aliphatic rings. The molecule has 310 valence electrons. The highest BCUT2D eigenvalue weighted by Gasteiger charge is 2.53. The normalized spacial score (nSPS) is 51.3. The van der Waals surface area contributed by atoms with Crippen molar-refractivity contribution in [3.05, 3.63) is 0 Å². The van der Waals surface area contributed by atoms with E-state index in [0.29, 0.717) is 6.42 Å². The Bertz CT molecular complexity index is 1110. The van der Waals surface area contributed by atoms with Crippen molar-refractivity contribution in [1.29, 1.82) is 0 Å². The molecule has 0 saturated carbocycles. The van der Waals surface area contributed by atoms with Gasteiger partial charge >= 0.3 is 0 Å². The zero-order valence-corrected chi connectivity index (χ0v) is 31.5. The highest BCUT2D eigenvalue weighted by molar-refractivity contribution is 4.95. The van der Waals surface area contributed by atoms with Crippen LogP contribution in [0.25, 0.3) is 0 Å². The van der Waals surface area contributed by atoms with Crippen LogP contribution in [0.1, 0.15) is 47.0 Å². The van der Waals surface area contributed by atoms with Crippen molar-refractivity contribution in [3.8, 4) is 0 Å². The zero-order valence-electron chi connectivity index (χ0n) is 31.5. The molecule has 0 aromatic carbocycles. The summed E-state index contributed by atoms with van der Waals surface area (Å²) in [5.74, 6) is 0. The maximum Gasteiger partial charge on any atom is 0.187 e. The van der Waals surface area contributed by atoms with Crippen LogP contribution in [0.4, 0.5) is 0 Å². The second kappa shape index (κ2) is 19.1. The van der Waals surface area contributed by atoms with Crippen molar-refractivity contribution in [2.45, 2.75) is 182 Å². The molecular formula is C34H60O19. The summed E-state index contributed by atoms with van der Waals surface area (Å²) in [4.78, 5) is 0. The lowest BCUT2D eigenvalue weighted by molar-refractivity contribution is -0.374. The average molecular weight is 773 g/mol. The fourth-order valence-electron chi connectivity index (χ4n) is 7.87. The van der Waals surface area contributed by atoms with Crippen LogP contribution < -0.4 is 0 Å². The predicted molar refractivity (Wildman–Crippen MR) is 176 cm³/mol. The highest BCUT2D eigenvalue weighted by Crippen LogP contribution is 2.36. The largest absolute Gasteiger partial charge is 0.394 e. The van der Waals surface area contributed by atoms with E-state index in [2.05, 4.69) is 0 Å². The quantitative estimate of drug-likeness (QED) is 0.117. The molecule has 5 heterocycles. The van der Waals surface area contributed by atoms with Gasteiger partial charge in [0, 0.05) is 47.7 Å². The lowest BCUT2D eigenvalue weighted by Gasteiger charge is -2.48. The van der Waals surface area contributed by atoms with Gasteiger partial charge in [0.15, 0.2) is 31.5 Å². The molecule has 5 saturated heterocycles. The first kappa shape index (κ1) is 43.4. The highest BCUT2D eigenvalue weighted by atomic mass is 16.8. The number of hydrogen-bond acceptors (Lipinski definition) is 19. The predicted octanol–water partition coefficient (Wildman–Crippen LogP) is -2.11. The van der Waals surface area contributed by atoms with E-state index >= 15 is 0 Å². The van der Waals surface area contributed by atoms with Gasteiger partial charge in [-0.3, -0.25) is 0 Å². The van der Waals surface area contributed by atoms with Crippen molar-refractivity contribution in [3.63, 3.8) is 0 Å². The molecule has 5 fully saturated rings. The smallest absolute Gasteiger partial charge is 0.187 e. The molecule has 22 atom stereocenters. The zero-order chi connectivity index (χ0) is 38.7. The molecule has 6 N–H and O–H groups in total. The van der Waals surface area contributed by atoms with Crippen LogP contribution in [0.15, 0.2) is 0 Å². The Morgan fingerprint density at radius 3 is 1.42 bits per heavy atom. The maximum absolute atomic E-state index is 11.4. The van der Waals surface area contributed by atoms with Crippen LogP contribution >= 0.6 is 0 Å². The molecule has 1 unspecified atom stereocenters. The SMILES string of the molecule is CO[C@H]1[C@@H](O)[C@H](O[C@@H]2[C@@H](C)O[C@@H](O[C@H]3[C@@H](OC)C[C@H](O[C@H]4[C@@H](OC)CC(O)O[C@@H]4C)O[C@@H]3C)C[C@H]2OC)O[C@H](C)[C@H]1O[C@@H]1O[C@H](CO)[C@@H](O)[C@H](O)[C@H]1O. The molecule has 5 rings (SSSR count). The Morgan fingerprint density at radius 1 is 0.453 bits per heavy atom. The standard InChI is InChI=1S/C34H60O19/c1-13-28(17(41-5)9-21(36)45-13)50-22-10-18(42-6)29(14(2)46-22)51-23-11-19(43-7)30(15(3)47-23)52-34-27(40)32(44-8)31(16(4)48-34)53-33-26(39)25(38)24(37)20(12-35)49-33/h13-40H,9-12H2,1-8H3/t13-,14-,15-,16-,17+,18+,19-,20-,21?,22+,23+,24-,25+,26-,27-,28-,29-,30-,31-,32+,33+,34+/m1/s1. The molecule has 0 radical (unpaired) electrons. The summed E-state index contributed by atoms with van der Waals surface area (Å²) in [6.45, 7) is 6.49. The van der Waals surface area contributed by atoms with Gasteiger partial charge in [0.25, 0.3) is 0 Å². The van der Waals surface area contributed by atoms with E-state index in [1.807, 2.05) is 13.8 Å². The minimum absolute atomic E-state index is 0.259. The minimum Gasteiger partial charge on any atom is -0.394 e. The number of aliphatic hydroxyl groups is 6. The summed E-state index contributed by atoms with van der Waals surface area (Å²) >= 11 is 0. The van der Waals surface area contributed by atoms with Crippen LogP contribution in [0.2, 0.25) is 0 Å². The molecule has 19 nitrogen and oxygen atoms in total. The average Bonchev–Trinajstić information content (AvgIpc) is 3.13. The molecule has 0 bridgehead atoms. The van der Waals surface area contributed by atoms with Gasteiger partial charge in [0.1, 0.15) is 61.0 Å². The third kappa shape index (κ3) is 9.69. The summed E-state index contributed by atoms with van der Waals surface area (Å²) in [5, 5.41) is 61.8. The molecule has 0 aliphatic carbocycles. The first-order valence-corrected chi connectivity index (χ1v) is 18.3. The minimum atomic E-state index is -1.65. The van der Waals surface area contributed by atoms with Gasteiger partial charge in [-0.25, -0.2) is 0 Å². The van der Waals surface area contributed by atoms with Crippen LogP contribution in [0.5, 0.6) is 0 Å². The first-order valence-electron chi connectivity index (χ1n) is 18.3. The van der Waals surface area contributed by atoms with Crippen LogP contribution in [-0.4, -0.2) is 201 Å². The maximum atomic E-state index is 11.4. The van der Waals surface area contributed by atoms with Gasteiger partial charge < -0.3 is 92.2 Å². The summed E-state index contributed by atoms with van der Waals surface area (Å²) < 4.78 is 77.4. The van der Waals surface area contributed by atoms with E-state index < -0.39 is 136 Å². The van der Waals surface area contributed by atoms with Crippen LogP contribution in [0, 0.1) is 0 Å². The third-order valence-corrected chi connectivity index (χ3v) is 10.9. The number of rotatable bonds is 13. The second-order valence-electron chi connectivity index (χ2n) is 14.4. The Kier molecular flexibility index (Phi) is 15.6. The molecule has 19 heteroatoms. The van der Waals surface area contributed by atoms with E-state index in [1.54, 1.807) is 28.1 Å². The fourth-order valence-corrected chi connectivity index (χ4v) is 7.87. The van der Waals surface area contributed by atoms with Gasteiger partial charge in [-0.1, -0.05) is 0 Å². The van der Waals surface area contributed by atoms with Gasteiger partial charge in [0.05, 0.1) is 49.3 Å². The van der Waals surface area contributed by atoms with Gasteiger partial charge in [-0.15, -0.1) is 0 Å². The van der Waals surface area contributed by atoms with Crippen LogP contribution in [0.3, 0.4) is 0 Å². The summed E-state index contributed by atoms with van der Waals surface area (Å²) in [6, 6.07) is 0. The Labute approximate surface area is 309 Å². The molecule has 0 aromatic rings. The first-order chi connectivity index (χ1) is 25.2. The molecular weight excluding hydrogens is 712 g/mol. The molecule has 0 aromatic heterocycles. The Balaban J connectivity index is 1.17. The summed E-state index contributed by atoms with van der Waals surface area (Å²) in [6.07, 6.45) is -18.9. The monoisotopic (exact) mass is 772 g/mol. The van der Waals surface area contributed by atoms with Gasteiger partial charge in [-0.2, -0.15) is 0 Å². The number of aliphatic hydroxyl groups excluding tert-OH is 6. The lowest BCUT2D eigenvalue weighted by atomic mass is 9.96. The van der Waals surface area contributed by atoms with E-state index in [0.717, 1.165) is 0 Å². The summed E-state index contributed by atoms with van der Waals surface area (Å²) in [7, 11) is 6.05. The van der Waals surface area contributed by atoms with E-state index in [9.17, 15) is 30.6 Å². The number of ether oxygens (including phenoxy) is 13. The fraction of sp³-hybridized carbons (Fsp3) is 1.00. The van der Waals surface area contributed by atoms with Crippen LogP contribution in [-0.2, 0) is 61.6 Å². The van der Waals surface area contributed by atoms with Crippen molar-refractivity contribution >= 4 is 0 Å². The summed E-state index contributed by atoms with van der Waals surface area (Å²) in [5.41, 5.74) is 0. The second-order valence-corrected chi connectivity index (χ2v) is 14.4. The number of methoxy groups -OCH3 is 4. The van der Waals surface area contributed by atoms with Crippen molar-refractivity contribution in [2.75, 3.05) is 35.0 Å². The van der Waals surface area contributed by atoms with Crippen molar-refractivity contribution < 1.29 is 92.2 Å². The Hall–Kier alpha value is -0.760. The topological polar surface area (TPSA) is 241 Å². The number of hydrogen-bond donors (Lipinski definition) is 6. The van der Waals surface area contributed by atoms with E-state index in [-0.39, 0.29) is 18.9 Å². The van der Waals surface area contributed by atoms with Gasteiger partial charge in [0.2, 0.25) is 0 Å². The Morgan fingerprint density at radius 2 is 0.906 bits per heavy atom. The lowest BCUT2D eigenvalue weighted by Crippen LogP contribution is -2.65. The third-order valence-electron chi connectivity index (χ3n) is 10.9.